The van der Waals surface area contributed by atoms with Gasteiger partial charge in [-0.2, -0.15) is 0 Å². The molecule has 0 aliphatic heterocycles. The zero-order chi connectivity index (χ0) is 14.0. The summed E-state index contributed by atoms with van der Waals surface area (Å²) in [6.07, 6.45) is 0. The molecule has 0 unspecified atom stereocenters. The Morgan fingerprint density at radius 1 is 1.16 bits per heavy atom. The molecule has 6 heteroatoms. The van der Waals surface area contributed by atoms with Gasteiger partial charge in [0.15, 0.2) is 0 Å². The van der Waals surface area contributed by atoms with Gasteiger partial charge >= 0.3 is 0 Å². The molecular weight excluding hydrogens is 318 g/mol. The molecule has 0 bridgehead atoms. The number of rotatable bonds is 2. The van der Waals surface area contributed by atoms with E-state index in [1.54, 1.807) is 0 Å². The number of hydrogen-bond donors (Lipinski definition) is 2. The molecule has 0 heterocycles. The van der Waals surface area contributed by atoms with E-state index in [0.29, 0.717) is 0 Å². The van der Waals surface area contributed by atoms with E-state index in [0.717, 1.165) is 12.1 Å². The third kappa shape index (κ3) is 3.08. The molecule has 2 rings (SSSR count). The number of halogens is 3. The van der Waals surface area contributed by atoms with E-state index in [2.05, 4.69) is 21.2 Å². The molecule has 0 aliphatic rings. The van der Waals surface area contributed by atoms with Crippen LogP contribution in [-0.4, -0.2) is 5.91 Å². The summed E-state index contributed by atoms with van der Waals surface area (Å²) in [5, 5.41) is 2.47. The van der Waals surface area contributed by atoms with Crippen molar-refractivity contribution in [1.82, 2.24) is 0 Å². The Labute approximate surface area is 116 Å². The summed E-state index contributed by atoms with van der Waals surface area (Å²) in [4.78, 5) is 11.9. The first-order valence-corrected chi connectivity index (χ1v) is 6.08. The monoisotopic (exact) mass is 326 g/mol. The Hall–Kier alpha value is -1.95. The van der Waals surface area contributed by atoms with E-state index in [-0.39, 0.29) is 21.4 Å². The average Bonchev–Trinajstić information content (AvgIpc) is 2.37. The number of nitrogens with two attached hydrogens (primary N) is 1. The molecule has 2 aromatic rings. The average molecular weight is 327 g/mol. The van der Waals surface area contributed by atoms with E-state index in [9.17, 15) is 13.6 Å². The van der Waals surface area contributed by atoms with Crippen molar-refractivity contribution in [3.8, 4) is 0 Å². The lowest BCUT2D eigenvalue weighted by Gasteiger charge is -2.08. The third-order valence-corrected chi connectivity index (χ3v) is 3.05. The lowest BCUT2D eigenvalue weighted by atomic mass is 10.2. The summed E-state index contributed by atoms with van der Waals surface area (Å²) < 4.78 is 26.3. The number of nitrogens with one attached hydrogen (secondary N) is 1. The second kappa shape index (κ2) is 5.36. The maximum atomic E-state index is 13.1. The molecule has 98 valence electrons. The van der Waals surface area contributed by atoms with Crippen LogP contribution in [0, 0.1) is 11.6 Å². The van der Waals surface area contributed by atoms with E-state index in [1.165, 1.54) is 24.3 Å². The Morgan fingerprint density at radius 2 is 1.89 bits per heavy atom. The Bertz CT molecular complexity index is 647. The second-order valence-corrected chi connectivity index (χ2v) is 4.67. The predicted octanol–water partition coefficient (Wildman–Crippen LogP) is 3.56. The van der Waals surface area contributed by atoms with E-state index < -0.39 is 17.5 Å². The minimum Gasteiger partial charge on any atom is -0.397 e. The standard InChI is InChI=1S/C13H9BrF2N2O/c14-9-5-7(1-3-10(9)16)13(19)18-12-6-8(15)2-4-11(12)17/h1-6H,17H2,(H,18,19). The highest BCUT2D eigenvalue weighted by atomic mass is 79.9. The van der Waals surface area contributed by atoms with E-state index >= 15 is 0 Å². The smallest absolute Gasteiger partial charge is 0.255 e. The fourth-order valence-corrected chi connectivity index (χ4v) is 1.85. The highest BCUT2D eigenvalue weighted by molar-refractivity contribution is 9.10. The summed E-state index contributed by atoms with van der Waals surface area (Å²) in [5.41, 5.74) is 6.27. The number of amides is 1. The molecule has 0 saturated carbocycles. The molecule has 0 fully saturated rings. The van der Waals surface area contributed by atoms with Gasteiger partial charge < -0.3 is 11.1 Å². The van der Waals surface area contributed by atoms with Gasteiger partial charge in [0.25, 0.3) is 5.91 Å². The van der Waals surface area contributed by atoms with Crippen molar-refractivity contribution in [2.75, 3.05) is 11.1 Å². The Balaban J connectivity index is 2.25. The molecule has 0 aromatic heterocycles. The summed E-state index contributed by atoms with van der Waals surface area (Å²) in [5.74, 6) is -1.48. The lowest BCUT2D eigenvalue weighted by molar-refractivity contribution is 0.102. The highest BCUT2D eigenvalue weighted by Gasteiger charge is 2.10. The molecule has 3 nitrogen and oxygen atoms in total. The molecule has 0 atom stereocenters. The van der Waals surface area contributed by atoms with E-state index in [4.69, 9.17) is 5.73 Å². The van der Waals surface area contributed by atoms with Crippen LogP contribution >= 0.6 is 15.9 Å². The van der Waals surface area contributed by atoms with Crippen LogP contribution in [0.3, 0.4) is 0 Å². The number of benzene rings is 2. The number of anilines is 2. The zero-order valence-corrected chi connectivity index (χ0v) is 11.2. The highest BCUT2D eigenvalue weighted by Crippen LogP contribution is 2.21. The Morgan fingerprint density at radius 3 is 2.58 bits per heavy atom. The number of carbonyl (C=O) groups is 1. The predicted molar refractivity (Wildman–Crippen MR) is 72.9 cm³/mol. The van der Waals surface area contributed by atoms with Gasteiger partial charge in [-0.1, -0.05) is 0 Å². The summed E-state index contributed by atoms with van der Waals surface area (Å²) >= 11 is 2.99. The van der Waals surface area contributed by atoms with Crippen LogP contribution in [0.4, 0.5) is 20.2 Å². The first kappa shape index (κ1) is 13.5. The zero-order valence-electron chi connectivity index (χ0n) is 9.58. The number of hydrogen-bond acceptors (Lipinski definition) is 2. The SMILES string of the molecule is Nc1ccc(F)cc1NC(=O)c1ccc(F)c(Br)c1. The van der Waals surface area contributed by atoms with Crippen LogP contribution in [-0.2, 0) is 0 Å². The molecule has 19 heavy (non-hydrogen) atoms. The molecule has 0 spiro atoms. The largest absolute Gasteiger partial charge is 0.397 e. The molecule has 0 aliphatic carbocycles. The van der Waals surface area contributed by atoms with Gasteiger partial charge in [-0.15, -0.1) is 0 Å². The van der Waals surface area contributed by atoms with E-state index in [1.807, 2.05) is 0 Å². The maximum Gasteiger partial charge on any atom is 0.255 e. The molecular formula is C13H9BrF2N2O. The minimum absolute atomic E-state index is 0.172. The van der Waals surface area contributed by atoms with Crippen molar-refractivity contribution in [2.45, 2.75) is 0 Å². The molecule has 0 saturated heterocycles. The molecule has 3 N–H and O–H groups in total. The van der Waals surface area contributed by atoms with Gasteiger partial charge in [-0.3, -0.25) is 4.79 Å². The van der Waals surface area contributed by atoms with Gasteiger partial charge in [0.2, 0.25) is 0 Å². The summed E-state index contributed by atoms with van der Waals surface area (Å²) in [6.45, 7) is 0. The number of nitrogen functional groups attached to an aromatic ring is 1. The van der Waals surface area contributed by atoms with Crippen molar-refractivity contribution < 1.29 is 13.6 Å². The minimum atomic E-state index is -0.509. The second-order valence-electron chi connectivity index (χ2n) is 3.81. The van der Waals surface area contributed by atoms with Crippen LogP contribution in [0.5, 0.6) is 0 Å². The quantitative estimate of drug-likeness (QED) is 0.829. The van der Waals surface area contributed by atoms with Crippen molar-refractivity contribution in [1.29, 1.82) is 0 Å². The molecule has 2 aromatic carbocycles. The van der Waals surface area contributed by atoms with Crippen LogP contribution in [0.2, 0.25) is 0 Å². The third-order valence-electron chi connectivity index (χ3n) is 2.45. The summed E-state index contributed by atoms with van der Waals surface area (Å²) in [7, 11) is 0. The van der Waals surface area contributed by atoms with Crippen molar-refractivity contribution >= 4 is 33.2 Å². The van der Waals surface area contributed by atoms with Gasteiger partial charge in [-0.25, -0.2) is 8.78 Å². The summed E-state index contributed by atoms with van der Waals surface area (Å²) in [6, 6.07) is 7.48. The maximum absolute atomic E-state index is 13.1. The van der Waals surface area contributed by atoms with Gasteiger partial charge in [0.05, 0.1) is 15.8 Å². The first-order chi connectivity index (χ1) is 8.97. The van der Waals surface area contributed by atoms with Crippen molar-refractivity contribution in [3.63, 3.8) is 0 Å². The van der Waals surface area contributed by atoms with Crippen molar-refractivity contribution in [3.05, 3.63) is 58.1 Å². The van der Waals surface area contributed by atoms with Crippen LogP contribution in [0.1, 0.15) is 10.4 Å². The topological polar surface area (TPSA) is 55.1 Å². The van der Waals surface area contributed by atoms with Gasteiger partial charge in [0.1, 0.15) is 11.6 Å². The van der Waals surface area contributed by atoms with Crippen LogP contribution in [0.15, 0.2) is 40.9 Å². The fraction of sp³-hybridized carbons (Fsp3) is 0. The molecule has 0 radical (unpaired) electrons. The normalized spacial score (nSPS) is 10.3. The van der Waals surface area contributed by atoms with Gasteiger partial charge in [-0.05, 0) is 52.3 Å². The Kier molecular flexibility index (Phi) is 3.80. The lowest BCUT2D eigenvalue weighted by Crippen LogP contribution is -2.13. The van der Waals surface area contributed by atoms with Crippen LogP contribution < -0.4 is 11.1 Å². The fourth-order valence-electron chi connectivity index (χ4n) is 1.47. The van der Waals surface area contributed by atoms with Crippen molar-refractivity contribution in [2.24, 2.45) is 0 Å². The van der Waals surface area contributed by atoms with Gasteiger partial charge in [0, 0.05) is 5.56 Å². The molecule has 1 amide bonds. The van der Waals surface area contributed by atoms with Crippen LogP contribution in [0.25, 0.3) is 0 Å². The number of carbonyl (C=O) groups excluding carboxylic acids is 1. The first-order valence-electron chi connectivity index (χ1n) is 5.29.